The fraction of sp³-hybridized carbons (Fsp3) is 0.368. The fourth-order valence-electron chi connectivity index (χ4n) is 2.93. The van der Waals surface area contributed by atoms with Crippen LogP contribution in [0.25, 0.3) is 0 Å². The Morgan fingerprint density at radius 3 is 2.59 bits per heavy atom. The van der Waals surface area contributed by atoms with Gasteiger partial charge in [0.15, 0.2) is 0 Å². The molecule has 3 nitrogen and oxygen atoms in total. The first kappa shape index (κ1) is 15.1. The predicted molar refractivity (Wildman–Crippen MR) is 88.1 cm³/mol. The Bertz CT molecular complexity index is 627. The number of aliphatic hydroxyl groups is 1. The van der Waals surface area contributed by atoms with E-state index in [0.717, 1.165) is 24.4 Å². The van der Waals surface area contributed by atoms with Gasteiger partial charge in [0.2, 0.25) is 0 Å². The highest BCUT2D eigenvalue weighted by molar-refractivity contribution is 5.38. The first-order valence-corrected chi connectivity index (χ1v) is 7.80. The molecular weight excluding hydrogens is 274 g/mol. The number of β-amino-alcohol motifs (C(OH)–C–C–N with tert-alkyl or cyclic N) is 1. The van der Waals surface area contributed by atoms with Crippen LogP contribution in [0.3, 0.4) is 0 Å². The maximum atomic E-state index is 10.3. The summed E-state index contributed by atoms with van der Waals surface area (Å²) in [6.07, 6.45) is -0.604. The number of aliphatic hydroxyl groups excluding tert-OH is 1. The molecule has 1 aliphatic heterocycles. The molecule has 22 heavy (non-hydrogen) atoms. The molecule has 1 heterocycles. The quantitative estimate of drug-likeness (QED) is 0.942. The summed E-state index contributed by atoms with van der Waals surface area (Å²) in [7, 11) is 0. The largest absolute Gasteiger partial charge is 0.486 e. The Morgan fingerprint density at radius 2 is 1.82 bits per heavy atom. The second-order valence-corrected chi connectivity index (χ2v) is 6.10. The van der Waals surface area contributed by atoms with Gasteiger partial charge in [0.05, 0.1) is 0 Å². The average Bonchev–Trinajstić information content (AvgIpc) is 2.85. The van der Waals surface area contributed by atoms with Crippen molar-refractivity contribution in [2.45, 2.75) is 32.6 Å². The van der Waals surface area contributed by atoms with E-state index in [-0.39, 0.29) is 6.10 Å². The summed E-state index contributed by atoms with van der Waals surface area (Å²) in [6.45, 7) is 6.40. The highest BCUT2D eigenvalue weighted by Crippen LogP contribution is 2.25. The standard InChI is InChI=1S/C19H23NO2/c1-14-7-6-10-18(15(14)2)22-19-13-20(12-17(19)21)11-16-8-4-3-5-9-16/h3-10,17,19,21H,11-13H2,1-2H3. The Hall–Kier alpha value is -1.84. The van der Waals surface area contributed by atoms with Gasteiger partial charge in [0.1, 0.15) is 18.0 Å². The van der Waals surface area contributed by atoms with Crippen LogP contribution < -0.4 is 4.74 Å². The molecule has 0 bridgehead atoms. The Balaban J connectivity index is 1.65. The van der Waals surface area contributed by atoms with Gasteiger partial charge in [-0.15, -0.1) is 0 Å². The van der Waals surface area contributed by atoms with Gasteiger partial charge in [0, 0.05) is 19.6 Å². The van der Waals surface area contributed by atoms with E-state index in [4.69, 9.17) is 4.74 Å². The van der Waals surface area contributed by atoms with Crippen LogP contribution in [-0.2, 0) is 6.54 Å². The molecule has 2 unspecified atom stereocenters. The topological polar surface area (TPSA) is 32.7 Å². The number of likely N-dealkylation sites (tertiary alicyclic amines) is 1. The highest BCUT2D eigenvalue weighted by atomic mass is 16.5. The summed E-state index contributed by atoms with van der Waals surface area (Å²) < 4.78 is 6.08. The maximum Gasteiger partial charge on any atom is 0.138 e. The number of benzene rings is 2. The molecule has 2 aromatic carbocycles. The number of nitrogens with zero attached hydrogens (tertiary/aromatic N) is 1. The number of hydrogen-bond acceptors (Lipinski definition) is 3. The van der Waals surface area contributed by atoms with Crippen molar-refractivity contribution in [2.24, 2.45) is 0 Å². The lowest BCUT2D eigenvalue weighted by Gasteiger charge is -2.19. The van der Waals surface area contributed by atoms with Crippen LogP contribution >= 0.6 is 0 Å². The van der Waals surface area contributed by atoms with Gasteiger partial charge in [-0.3, -0.25) is 4.90 Å². The molecule has 1 N–H and O–H groups in total. The number of rotatable bonds is 4. The molecule has 1 saturated heterocycles. The molecule has 0 amide bonds. The summed E-state index contributed by atoms with van der Waals surface area (Å²) in [4.78, 5) is 2.25. The van der Waals surface area contributed by atoms with Crippen molar-refractivity contribution in [3.05, 3.63) is 65.2 Å². The van der Waals surface area contributed by atoms with Gasteiger partial charge >= 0.3 is 0 Å². The number of hydrogen-bond donors (Lipinski definition) is 1. The fourth-order valence-corrected chi connectivity index (χ4v) is 2.93. The summed E-state index contributed by atoms with van der Waals surface area (Å²) in [5.41, 5.74) is 3.63. The Morgan fingerprint density at radius 1 is 1.05 bits per heavy atom. The van der Waals surface area contributed by atoms with Gasteiger partial charge < -0.3 is 9.84 Å². The van der Waals surface area contributed by atoms with Crippen LogP contribution in [0, 0.1) is 13.8 Å². The monoisotopic (exact) mass is 297 g/mol. The number of aryl methyl sites for hydroxylation is 1. The SMILES string of the molecule is Cc1cccc(OC2CN(Cc3ccccc3)CC2O)c1C. The van der Waals surface area contributed by atoms with E-state index in [0.29, 0.717) is 6.54 Å². The van der Waals surface area contributed by atoms with Crippen molar-refractivity contribution in [1.29, 1.82) is 0 Å². The Labute approximate surface area is 132 Å². The molecule has 0 spiro atoms. The maximum absolute atomic E-state index is 10.3. The normalized spacial score (nSPS) is 22.0. The van der Waals surface area contributed by atoms with Crippen molar-refractivity contribution in [3.8, 4) is 5.75 Å². The lowest BCUT2D eigenvalue weighted by Crippen LogP contribution is -2.30. The molecule has 2 atom stereocenters. The lowest BCUT2D eigenvalue weighted by atomic mass is 10.1. The molecule has 2 aromatic rings. The van der Waals surface area contributed by atoms with Crippen molar-refractivity contribution < 1.29 is 9.84 Å². The third kappa shape index (κ3) is 3.32. The molecule has 116 valence electrons. The van der Waals surface area contributed by atoms with E-state index in [1.165, 1.54) is 11.1 Å². The minimum absolute atomic E-state index is 0.163. The van der Waals surface area contributed by atoms with Gasteiger partial charge in [-0.1, -0.05) is 42.5 Å². The third-order valence-electron chi connectivity index (χ3n) is 4.39. The van der Waals surface area contributed by atoms with Crippen LogP contribution in [0.1, 0.15) is 16.7 Å². The zero-order valence-corrected chi connectivity index (χ0v) is 13.2. The molecular formula is C19H23NO2. The smallest absolute Gasteiger partial charge is 0.138 e. The predicted octanol–water partition coefficient (Wildman–Crippen LogP) is 2.93. The molecule has 0 aliphatic carbocycles. The van der Waals surface area contributed by atoms with Gasteiger partial charge in [-0.05, 0) is 36.6 Å². The van der Waals surface area contributed by atoms with E-state index in [1.54, 1.807) is 0 Å². The first-order valence-electron chi connectivity index (χ1n) is 7.80. The second kappa shape index (κ2) is 6.51. The minimum atomic E-state index is -0.441. The summed E-state index contributed by atoms with van der Waals surface area (Å²) in [6, 6.07) is 16.4. The Kier molecular flexibility index (Phi) is 4.46. The van der Waals surface area contributed by atoms with Crippen LogP contribution in [0.5, 0.6) is 5.75 Å². The molecule has 3 rings (SSSR count). The van der Waals surface area contributed by atoms with Crippen molar-refractivity contribution >= 4 is 0 Å². The summed E-state index contributed by atoms with van der Waals surface area (Å²) >= 11 is 0. The highest BCUT2D eigenvalue weighted by Gasteiger charge is 2.33. The van der Waals surface area contributed by atoms with Crippen LogP contribution in [0.15, 0.2) is 48.5 Å². The van der Waals surface area contributed by atoms with Crippen LogP contribution in [0.2, 0.25) is 0 Å². The van der Waals surface area contributed by atoms with Gasteiger partial charge in [0.25, 0.3) is 0 Å². The van der Waals surface area contributed by atoms with E-state index < -0.39 is 6.10 Å². The lowest BCUT2D eigenvalue weighted by molar-refractivity contribution is 0.0732. The minimum Gasteiger partial charge on any atom is -0.486 e. The molecule has 3 heteroatoms. The van der Waals surface area contributed by atoms with E-state index in [2.05, 4.69) is 36.9 Å². The molecule has 1 aliphatic rings. The second-order valence-electron chi connectivity index (χ2n) is 6.10. The molecule has 1 fully saturated rings. The van der Waals surface area contributed by atoms with Gasteiger partial charge in [-0.2, -0.15) is 0 Å². The van der Waals surface area contributed by atoms with Gasteiger partial charge in [-0.25, -0.2) is 0 Å². The zero-order chi connectivity index (χ0) is 15.5. The van der Waals surface area contributed by atoms with E-state index >= 15 is 0 Å². The third-order valence-corrected chi connectivity index (χ3v) is 4.39. The van der Waals surface area contributed by atoms with Crippen LogP contribution in [0.4, 0.5) is 0 Å². The molecule has 0 aromatic heterocycles. The van der Waals surface area contributed by atoms with Crippen molar-refractivity contribution in [3.63, 3.8) is 0 Å². The van der Waals surface area contributed by atoms with E-state index in [1.807, 2.05) is 30.3 Å². The van der Waals surface area contributed by atoms with E-state index in [9.17, 15) is 5.11 Å². The van der Waals surface area contributed by atoms with Crippen molar-refractivity contribution in [2.75, 3.05) is 13.1 Å². The van der Waals surface area contributed by atoms with Crippen molar-refractivity contribution in [1.82, 2.24) is 4.90 Å². The molecule has 0 saturated carbocycles. The average molecular weight is 297 g/mol. The number of ether oxygens (including phenoxy) is 1. The summed E-state index contributed by atoms with van der Waals surface area (Å²) in [5.74, 6) is 0.880. The summed E-state index contributed by atoms with van der Waals surface area (Å²) in [5, 5.41) is 10.3. The molecule has 0 radical (unpaired) electrons. The first-order chi connectivity index (χ1) is 10.6. The van der Waals surface area contributed by atoms with Crippen LogP contribution in [-0.4, -0.2) is 35.3 Å². The zero-order valence-electron chi connectivity index (χ0n) is 13.2.